The maximum atomic E-state index is 12.0. The predicted molar refractivity (Wildman–Crippen MR) is 204 cm³/mol. The normalized spacial score (nSPS) is 18.2. The van der Waals surface area contributed by atoms with Crippen LogP contribution in [-0.4, -0.2) is 33.0 Å². The maximum absolute atomic E-state index is 12.0. The number of hydrogen-bond acceptors (Lipinski definition) is 6. The van der Waals surface area contributed by atoms with Gasteiger partial charge in [0, 0.05) is 18.3 Å². The molecule has 4 aromatic rings. The summed E-state index contributed by atoms with van der Waals surface area (Å²) in [5, 5.41) is 45.2. The third-order valence-electron chi connectivity index (χ3n) is 12.6. The van der Waals surface area contributed by atoms with Crippen LogP contribution in [0.2, 0.25) is 0 Å². The zero-order chi connectivity index (χ0) is 36.2. The molecule has 4 aromatic carbocycles. The van der Waals surface area contributed by atoms with Crippen LogP contribution < -0.4 is 0 Å². The molecule has 0 unspecified atom stereocenters. The third-order valence-corrected chi connectivity index (χ3v) is 12.6. The Morgan fingerprint density at radius 2 is 1.08 bits per heavy atom. The molecule has 3 saturated carbocycles. The van der Waals surface area contributed by atoms with Gasteiger partial charge in [-0.3, -0.25) is 9.59 Å². The van der Waals surface area contributed by atoms with Crippen molar-refractivity contribution in [3.05, 3.63) is 116 Å². The van der Waals surface area contributed by atoms with Crippen molar-refractivity contribution < 1.29 is 30.0 Å². The monoisotopic (exact) mass is 700 g/mol. The van der Waals surface area contributed by atoms with Crippen LogP contribution in [0.5, 0.6) is 23.0 Å². The van der Waals surface area contributed by atoms with E-state index in [0.717, 1.165) is 111 Å². The Morgan fingerprint density at radius 1 is 0.538 bits per heavy atom. The van der Waals surface area contributed by atoms with E-state index in [0.29, 0.717) is 42.5 Å². The topological polar surface area (TPSA) is 115 Å². The van der Waals surface area contributed by atoms with Gasteiger partial charge in [-0.15, -0.1) is 0 Å². The van der Waals surface area contributed by atoms with Crippen molar-refractivity contribution in [1.29, 1.82) is 0 Å². The molecule has 3 aliphatic carbocycles. The van der Waals surface area contributed by atoms with E-state index < -0.39 is 0 Å². The highest BCUT2D eigenvalue weighted by atomic mass is 16.3. The van der Waals surface area contributed by atoms with Crippen molar-refractivity contribution in [2.24, 2.45) is 0 Å². The summed E-state index contributed by atoms with van der Waals surface area (Å²) in [4.78, 5) is 23.4. The van der Waals surface area contributed by atoms with Crippen LogP contribution in [0.4, 0.5) is 0 Å². The van der Waals surface area contributed by atoms with E-state index in [1.807, 2.05) is 12.1 Å². The number of phenolic OH excluding ortho intramolecular Hbond substituents is 4. The summed E-state index contributed by atoms with van der Waals surface area (Å²) < 4.78 is 0. The molecule has 6 nitrogen and oxygen atoms in total. The van der Waals surface area contributed by atoms with Gasteiger partial charge >= 0.3 is 0 Å². The summed E-state index contributed by atoms with van der Waals surface area (Å²) >= 11 is 0. The number of aromatic hydroxyl groups is 4. The fourth-order valence-corrected chi connectivity index (χ4v) is 9.69. The molecule has 0 radical (unpaired) electrons. The first-order chi connectivity index (χ1) is 25.3. The molecule has 3 fully saturated rings. The first kappa shape index (κ1) is 35.8. The van der Waals surface area contributed by atoms with Crippen LogP contribution in [0.25, 0.3) is 0 Å². The molecule has 0 aromatic heterocycles. The Bertz CT molecular complexity index is 1920. The minimum Gasteiger partial charge on any atom is -0.507 e. The number of benzene rings is 4. The lowest BCUT2D eigenvalue weighted by Crippen LogP contribution is -2.31. The average Bonchev–Trinajstić information content (AvgIpc) is 3.18. The van der Waals surface area contributed by atoms with Crippen LogP contribution in [0.15, 0.2) is 60.7 Å². The van der Waals surface area contributed by atoms with E-state index in [2.05, 4.69) is 24.3 Å². The Hall–Kier alpha value is -4.58. The number of carbonyl (C=O) groups is 2. The fraction of sp³-hybridized carbons (Fsp3) is 0.435. The maximum Gasteiger partial charge on any atom is 0.153 e. The molecule has 3 aliphatic rings. The lowest BCUT2D eigenvalue weighted by atomic mass is 9.63. The summed E-state index contributed by atoms with van der Waals surface area (Å²) in [5.74, 6) is 1.05. The number of para-hydroxylation sites is 1. The van der Waals surface area contributed by atoms with Crippen LogP contribution in [-0.2, 0) is 18.3 Å². The van der Waals surface area contributed by atoms with Crippen LogP contribution >= 0.6 is 0 Å². The first-order valence-corrected chi connectivity index (χ1v) is 19.6. The number of hydrogen-bond donors (Lipinski definition) is 4. The molecule has 272 valence electrons. The lowest BCUT2D eigenvalue weighted by Gasteiger charge is -2.41. The molecule has 4 N–H and O–H groups in total. The van der Waals surface area contributed by atoms with Gasteiger partial charge < -0.3 is 20.4 Å². The van der Waals surface area contributed by atoms with Gasteiger partial charge in [-0.05, 0) is 113 Å². The van der Waals surface area contributed by atoms with Gasteiger partial charge in [-0.2, -0.15) is 0 Å². The zero-order valence-corrected chi connectivity index (χ0v) is 30.2. The van der Waals surface area contributed by atoms with Gasteiger partial charge in [0.15, 0.2) is 12.6 Å². The molecule has 0 spiro atoms. The van der Waals surface area contributed by atoms with Gasteiger partial charge in [0.25, 0.3) is 0 Å². The summed E-state index contributed by atoms with van der Waals surface area (Å²) in [5.41, 5.74) is 7.53. The van der Waals surface area contributed by atoms with E-state index in [9.17, 15) is 30.0 Å². The molecule has 0 amide bonds. The smallest absolute Gasteiger partial charge is 0.153 e. The molecule has 0 bridgehead atoms. The second-order valence-corrected chi connectivity index (χ2v) is 15.8. The van der Waals surface area contributed by atoms with Gasteiger partial charge in [0.2, 0.25) is 0 Å². The quantitative estimate of drug-likeness (QED) is 0.122. The third kappa shape index (κ3) is 7.09. The van der Waals surface area contributed by atoms with E-state index >= 15 is 0 Å². The Balaban J connectivity index is 1.41. The zero-order valence-electron chi connectivity index (χ0n) is 30.2. The number of carbonyl (C=O) groups excluding carboxylic acids is 2. The van der Waals surface area contributed by atoms with E-state index in [-0.39, 0.29) is 39.9 Å². The largest absolute Gasteiger partial charge is 0.507 e. The van der Waals surface area contributed by atoms with Crippen LogP contribution in [0, 0.1) is 0 Å². The summed E-state index contributed by atoms with van der Waals surface area (Å²) in [6, 6.07) is 19.2. The van der Waals surface area contributed by atoms with Gasteiger partial charge in [0.1, 0.15) is 23.0 Å². The second-order valence-electron chi connectivity index (χ2n) is 15.8. The van der Waals surface area contributed by atoms with E-state index in [1.165, 1.54) is 24.0 Å². The van der Waals surface area contributed by atoms with Crippen molar-refractivity contribution in [1.82, 2.24) is 0 Å². The van der Waals surface area contributed by atoms with Crippen molar-refractivity contribution in [3.63, 3.8) is 0 Å². The summed E-state index contributed by atoms with van der Waals surface area (Å²) in [7, 11) is 0. The molecule has 0 saturated heterocycles. The Labute approximate surface area is 307 Å². The average molecular weight is 701 g/mol. The van der Waals surface area contributed by atoms with E-state index in [4.69, 9.17) is 0 Å². The first-order valence-electron chi connectivity index (χ1n) is 19.6. The van der Waals surface area contributed by atoms with E-state index in [1.54, 1.807) is 24.3 Å². The molecular formula is C46H52O6. The molecule has 0 aliphatic heterocycles. The molecule has 0 heterocycles. The van der Waals surface area contributed by atoms with Crippen LogP contribution in [0.1, 0.15) is 173 Å². The van der Waals surface area contributed by atoms with Gasteiger partial charge in [0.05, 0.1) is 11.1 Å². The van der Waals surface area contributed by atoms with Crippen molar-refractivity contribution in [2.75, 3.05) is 0 Å². The molecule has 52 heavy (non-hydrogen) atoms. The van der Waals surface area contributed by atoms with Gasteiger partial charge in [-0.25, -0.2) is 0 Å². The molecular weight excluding hydrogens is 649 g/mol. The predicted octanol–water partition coefficient (Wildman–Crippen LogP) is 10.7. The summed E-state index contributed by atoms with van der Waals surface area (Å²) in [6.45, 7) is 0. The summed E-state index contributed by atoms with van der Waals surface area (Å²) in [6.07, 6.45) is 18.3. The molecule has 6 heteroatoms. The highest BCUT2D eigenvalue weighted by Gasteiger charge is 2.39. The molecule has 7 rings (SSSR count). The highest BCUT2D eigenvalue weighted by Crippen LogP contribution is 2.51. The highest BCUT2D eigenvalue weighted by molar-refractivity contribution is 5.80. The second kappa shape index (κ2) is 15.6. The van der Waals surface area contributed by atoms with Crippen molar-refractivity contribution in [2.45, 2.75) is 126 Å². The molecule has 0 atom stereocenters. The van der Waals surface area contributed by atoms with Crippen LogP contribution in [0.3, 0.4) is 0 Å². The number of rotatable bonds is 10. The SMILES string of the molecule is O=Cc1cc(Cc2cc(C3(c4cc(Cc5cccc(C=O)c5O)c(O)c(C5CCCCC5)c4)CCCCC3)cc(C3CCCCC3)c2O)ccc1O. The number of aldehydes is 2. The minimum absolute atomic E-state index is 0.0406. The lowest BCUT2D eigenvalue weighted by molar-refractivity contribution is 0.111. The van der Waals surface area contributed by atoms with Crippen molar-refractivity contribution in [3.8, 4) is 23.0 Å². The van der Waals surface area contributed by atoms with Gasteiger partial charge in [-0.1, -0.05) is 100 Å². The Morgan fingerprint density at radius 3 is 1.63 bits per heavy atom. The van der Waals surface area contributed by atoms with Crippen molar-refractivity contribution >= 4 is 12.6 Å². The standard InChI is InChI=1S/C46H52O6/c47-28-34-16-10-15-33(43(34)50)23-36-25-39(27-41(45(36)52)32-13-6-2-7-14-32)46(19-8-3-9-20-46)38-24-35(21-30-17-18-42(49)37(22-30)29-48)44(51)40(26-38)31-11-4-1-5-12-31/h10,15-18,22,24-29,31-32,49-52H,1-9,11-14,19-21,23H2. The number of phenols is 4. The minimum atomic E-state index is -0.356. The Kier molecular flexibility index (Phi) is 10.7. The fourth-order valence-electron chi connectivity index (χ4n) is 9.69.